The molecule has 1 atom stereocenters. The number of anilines is 1. The van der Waals surface area contributed by atoms with Crippen LogP contribution in [0.15, 0.2) is 17.0 Å². The summed E-state index contributed by atoms with van der Waals surface area (Å²) in [7, 11) is -2.38. The molecule has 1 unspecified atom stereocenters. The van der Waals surface area contributed by atoms with Crippen LogP contribution in [0.5, 0.6) is 0 Å². The molecule has 110 valence electrons. The van der Waals surface area contributed by atoms with Gasteiger partial charge in [0.2, 0.25) is 15.9 Å². The van der Waals surface area contributed by atoms with Gasteiger partial charge in [0.15, 0.2) is 0 Å². The number of likely N-dealkylation sites (tertiary alicyclic amines) is 1. The number of sulfonamides is 1. The molecule has 1 fully saturated rings. The molecule has 1 aliphatic rings. The Labute approximate surface area is 126 Å². The van der Waals surface area contributed by atoms with Crippen molar-refractivity contribution in [2.75, 3.05) is 19.3 Å². The van der Waals surface area contributed by atoms with Crippen molar-refractivity contribution in [1.82, 2.24) is 9.62 Å². The minimum Gasteiger partial charge on any atom is -0.399 e. The lowest BCUT2D eigenvalue weighted by Crippen LogP contribution is -2.40. The van der Waals surface area contributed by atoms with Crippen molar-refractivity contribution in [3.63, 3.8) is 0 Å². The predicted molar refractivity (Wildman–Crippen MR) is 77.2 cm³/mol. The van der Waals surface area contributed by atoms with Crippen LogP contribution in [0.1, 0.15) is 6.42 Å². The van der Waals surface area contributed by atoms with Gasteiger partial charge < -0.3 is 10.6 Å². The number of benzene rings is 1. The first-order valence-corrected chi connectivity index (χ1v) is 7.98. The molecular weight excluding hydrogens is 325 g/mol. The third kappa shape index (κ3) is 2.85. The molecule has 1 aromatic carbocycles. The van der Waals surface area contributed by atoms with E-state index in [1.54, 1.807) is 7.05 Å². The van der Waals surface area contributed by atoms with Crippen molar-refractivity contribution in [2.45, 2.75) is 17.4 Å². The monoisotopic (exact) mass is 337 g/mol. The number of amides is 1. The van der Waals surface area contributed by atoms with Crippen LogP contribution in [0.4, 0.5) is 5.69 Å². The standard InChI is InChI=1S/C11H13Cl2N3O3S/c1-16-3-2-9(11(16)17)15-20(18,19)10-7(12)4-6(14)5-8(10)13/h4-5,9,15H,2-3,14H2,1H3. The number of nitrogens with one attached hydrogen (secondary N) is 1. The van der Waals surface area contributed by atoms with Gasteiger partial charge in [-0.15, -0.1) is 0 Å². The number of hydrogen-bond acceptors (Lipinski definition) is 4. The number of likely N-dealkylation sites (N-methyl/N-ethyl adjacent to an activating group) is 1. The van der Waals surface area contributed by atoms with Crippen molar-refractivity contribution in [2.24, 2.45) is 0 Å². The average molecular weight is 338 g/mol. The van der Waals surface area contributed by atoms with E-state index >= 15 is 0 Å². The normalized spacial score (nSPS) is 19.6. The van der Waals surface area contributed by atoms with E-state index < -0.39 is 16.1 Å². The highest BCUT2D eigenvalue weighted by Gasteiger charge is 2.34. The summed E-state index contributed by atoms with van der Waals surface area (Å²) in [6, 6.07) is 1.80. The van der Waals surface area contributed by atoms with E-state index in [1.807, 2.05) is 0 Å². The molecule has 3 N–H and O–H groups in total. The molecule has 0 spiro atoms. The van der Waals surface area contributed by atoms with Gasteiger partial charge in [-0.25, -0.2) is 8.42 Å². The molecule has 0 aliphatic carbocycles. The number of carbonyl (C=O) groups excluding carboxylic acids is 1. The summed E-state index contributed by atoms with van der Waals surface area (Å²) in [5, 5.41) is -0.164. The van der Waals surface area contributed by atoms with Crippen LogP contribution in [0, 0.1) is 0 Å². The zero-order chi connectivity index (χ0) is 15.1. The molecule has 1 heterocycles. The zero-order valence-corrected chi connectivity index (χ0v) is 12.9. The fourth-order valence-corrected chi connectivity index (χ4v) is 4.47. The Bertz CT molecular complexity index is 640. The Kier molecular flexibility index (Phi) is 4.15. The molecule has 6 nitrogen and oxygen atoms in total. The van der Waals surface area contributed by atoms with E-state index in [4.69, 9.17) is 28.9 Å². The summed E-state index contributed by atoms with van der Waals surface area (Å²) in [5.41, 5.74) is 5.79. The van der Waals surface area contributed by atoms with Crippen LogP contribution in [0.2, 0.25) is 10.0 Å². The van der Waals surface area contributed by atoms with Crippen molar-refractivity contribution >= 4 is 44.8 Å². The highest BCUT2D eigenvalue weighted by molar-refractivity contribution is 7.89. The second-order valence-corrected chi connectivity index (χ2v) is 7.00. The van der Waals surface area contributed by atoms with E-state index in [0.717, 1.165) is 0 Å². The van der Waals surface area contributed by atoms with Gasteiger partial charge in [0, 0.05) is 19.3 Å². The lowest BCUT2D eigenvalue weighted by Gasteiger charge is -2.14. The maximum atomic E-state index is 12.3. The molecule has 9 heteroatoms. The molecule has 2 rings (SSSR count). The Morgan fingerprint density at radius 1 is 1.35 bits per heavy atom. The number of nitrogen functional groups attached to an aromatic ring is 1. The van der Waals surface area contributed by atoms with Crippen molar-refractivity contribution in [1.29, 1.82) is 0 Å². The fraction of sp³-hybridized carbons (Fsp3) is 0.364. The molecular formula is C11H13Cl2N3O3S. The van der Waals surface area contributed by atoms with Crippen molar-refractivity contribution < 1.29 is 13.2 Å². The van der Waals surface area contributed by atoms with Crippen LogP contribution >= 0.6 is 23.2 Å². The van der Waals surface area contributed by atoms with E-state index in [-0.39, 0.29) is 26.5 Å². The number of halogens is 2. The van der Waals surface area contributed by atoms with E-state index in [1.165, 1.54) is 17.0 Å². The minimum atomic E-state index is -4.00. The molecule has 0 saturated carbocycles. The van der Waals surface area contributed by atoms with E-state index in [9.17, 15) is 13.2 Å². The molecule has 1 aliphatic heterocycles. The SMILES string of the molecule is CN1CCC(NS(=O)(=O)c2c(Cl)cc(N)cc2Cl)C1=O. The Morgan fingerprint density at radius 3 is 2.35 bits per heavy atom. The fourth-order valence-electron chi connectivity index (χ4n) is 2.01. The smallest absolute Gasteiger partial charge is 0.244 e. The Morgan fingerprint density at radius 2 is 1.90 bits per heavy atom. The van der Waals surface area contributed by atoms with Crippen LogP contribution in [0.25, 0.3) is 0 Å². The first-order chi connectivity index (χ1) is 9.22. The average Bonchev–Trinajstić information content (AvgIpc) is 2.58. The third-order valence-corrected chi connectivity index (χ3v) is 5.41. The van der Waals surface area contributed by atoms with Gasteiger partial charge in [-0.05, 0) is 18.6 Å². The first kappa shape index (κ1) is 15.4. The molecule has 0 bridgehead atoms. The Balaban J connectivity index is 2.35. The highest BCUT2D eigenvalue weighted by atomic mass is 35.5. The maximum absolute atomic E-state index is 12.3. The lowest BCUT2D eigenvalue weighted by molar-refractivity contribution is -0.127. The summed E-state index contributed by atoms with van der Waals surface area (Å²) in [4.78, 5) is 12.9. The van der Waals surface area contributed by atoms with Gasteiger partial charge in [0.05, 0.1) is 10.0 Å². The summed E-state index contributed by atoms with van der Waals surface area (Å²) in [6.07, 6.45) is 0.402. The first-order valence-electron chi connectivity index (χ1n) is 5.74. The third-order valence-electron chi connectivity index (χ3n) is 3.01. The van der Waals surface area contributed by atoms with Crippen LogP contribution in [-0.4, -0.2) is 38.9 Å². The maximum Gasteiger partial charge on any atom is 0.244 e. The molecule has 1 amide bonds. The number of carbonyl (C=O) groups is 1. The van der Waals surface area contributed by atoms with Gasteiger partial charge in [-0.3, -0.25) is 4.79 Å². The van der Waals surface area contributed by atoms with Gasteiger partial charge in [-0.1, -0.05) is 23.2 Å². The van der Waals surface area contributed by atoms with Gasteiger partial charge in [0.1, 0.15) is 10.9 Å². The van der Waals surface area contributed by atoms with Gasteiger partial charge >= 0.3 is 0 Å². The second kappa shape index (κ2) is 5.40. The second-order valence-electron chi connectivity index (χ2n) is 4.54. The number of nitrogens with two attached hydrogens (primary N) is 1. The minimum absolute atomic E-state index is 0.0821. The van der Waals surface area contributed by atoms with Crippen molar-refractivity contribution in [3.8, 4) is 0 Å². The molecule has 1 aromatic rings. The summed E-state index contributed by atoms with van der Waals surface area (Å²) in [5.74, 6) is -0.281. The quantitative estimate of drug-likeness (QED) is 0.807. The number of rotatable bonds is 3. The van der Waals surface area contributed by atoms with Crippen LogP contribution < -0.4 is 10.5 Å². The van der Waals surface area contributed by atoms with E-state index in [2.05, 4.69) is 4.72 Å². The van der Waals surface area contributed by atoms with Crippen molar-refractivity contribution in [3.05, 3.63) is 22.2 Å². The van der Waals surface area contributed by atoms with E-state index in [0.29, 0.717) is 13.0 Å². The lowest BCUT2D eigenvalue weighted by atomic mass is 10.3. The molecule has 0 radical (unpaired) electrons. The number of hydrogen-bond donors (Lipinski definition) is 2. The number of nitrogens with zero attached hydrogens (tertiary/aromatic N) is 1. The summed E-state index contributed by atoms with van der Waals surface area (Å²) >= 11 is 11.8. The Hall–Kier alpha value is -1.02. The molecule has 1 saturated heterocycles. The topological polar surface area (TPSA) is 92.5 Å². The van der Waals surface area contributed by atoms with Crippen LogP contribution in [-0.2, 0) is 14.8 Å². The highest BCUT2D eigenvalue weighted by Crippen LogP contribution is 2.32. The molecule has 0 aromatic heterocycles. The van der Waals surface area contributed by atoms with Gasteiger partial charge in [0.25, 0.3) is 0 Å². The summed E-state index contributed by atoms with van der Waals surface area (Å²) < 4.78 is 26.9. The van der Waals surface area contributed by atoms with Crippen LogP contribution in [0.3, 0.4) is 0 Å². The summed E-state index contributed by atoms with van der Waals surface area (Å²) in [6.45, 7) is 0.495. The van der Waals surface area contributed by atoms with Gasteiger partial charge in [-0.2, -0.15) is 4.72 Å². The largest absolute Gasteiger partial charge is 0.399 e. The zero-order valence-electron chi connectivity index (χ0n) is 10.6. The molecule has 20 heavy (non-hydrogen) atoms. The predicted octanol–water partition coefficient (Wildman–Crippen LogP) is 1.08.